The Labute approximate surface area is 95.4 Å². The lowest BCUT2D eigenvalue weighted by Crippen LogP contribution is -2.25. The van der Waals surface area contributed by atoms with Crippen molar-refractivity contribution in [2.45, 2.75) is 19.8 Å². The van der Waals surface area contributed by atoms with Gasteiger partial charge in [-0.2, -0.15) is 4.98 Å². The summed E-state index contributed by atoms with van der Waals surface area (Å²) in [5, 5.41) is 3.96. The van der Waals surface area contributed by atoms with Gasteiger partial charge in [0, 0.05) is 26.4 Å². The fourth-order valence-corrected chi connectivity index (χ4v) is 2.78. The van der Waals surface area contributed by atoms with Crippen LogP contribution >= 0.6 is 12.4 Å². The van der Waals surface area contributed by atoms with Crippen LogP contribution in [0.1, 0.15) is 18.1 Å². The number of rotatable bonds is 2. The van der Waals surface area contributed by atoms with Crippen LogP contribution in [-0.2, 0) is 6.42 Å². The topological polar surface area (TPSA) is 42.2 Å². The molecule has 0 N–H and O–H groups in total. The highest BCUT2D eigenvalue weighted by atomic mass is 35.5. The third kappa shape index (κ3) is 2.01. The number of piperidine rings is 1. The molecular weight excluding hydrogens is 214 g/mol. The number of halogens is 1. The first kappa shape index (κ1) is 10.9. The van der Waals surface area contributed by atoms with Gasteiger partial charge in [0.15, 0.2) is 5.82 Å². The van der Waals surface area contributed by atoms with Crippen LogP contribution in [0.2, 0.25) is 0 Å². The van der Waals surface area contributed by atoms with Crippen LogP contribution in [-0.4, -0.2) is 34.7 Å². The zero-order chi connectivity index (χ0) is 9.54. The minimum Gasteiger partial charge on any atom is -0.340 e. The van der Waals surface area contributed by atoms with Crippen LogP contribution in [0.4, 0.5) is 0 Å². The smallest absolute Gasteiger partial charge is 0.223 e. The second-order valence-electron chi connectivity index (χ2n) is 4.50. The lowest BCUT2D eigenvalue weighted by molar-refractivity contribution is 0.294. The van der Waals surface area contributed by atoms with E-state index in [1.165, 1.54) is 26.1 Å². The predicted molar refractivity (Wildman–Crippen MR) is 58.0 cm³/mol. The van der Waals surface area contributed by atoms with E-state index in [1.54, 1.807) is 0 Å². The standard InChI is InChI=1S/C10H15N3O.ClH/c1-7-11-10(12-14-7)4-9-6-13-3-2-8(9)5-13;/h8-9H,2-6H2,1H3;1H. The molecule has 3 unspecified atom stereocenters. The summed E-state index contributed by atoms with van der Waals surface area (Å²) >= 11 is 0. The fourth-order valence-electron chi connectivity index (χ4n) is 2.78. The molecule has 3 atom stereocenters. The van der Waals surface area contributed by atoms with Crippen LogP contribution in [0.5, 0.6) is 0 Å². The van der Waals surface area contributed by atoms with Gasteiger partial charge < -0.3 is 9.42 Å². The second-order valence-corrected chi connectivity index (χ2v) is 4.50. The van der Waals surface area contributed by atoms with Crippen LogP contribution in [0.3, 0.4) is 0 Å². The molecule has 0 spiro atoms. The van der Waals surface area contributed by atoms with Gasteiger partial charge in [-0.25, -0.2) is 0 Å². The maximum atomic E-state index is 4.98. The van der Waals surface area contributed by atoms with Crippen molar-refractivity contribution < 1.29 is 4.52 Å². The monoisotopic (exact) mass is 229 g/mol. The maximum absolute atomic E-state index is 4.98. The molecule has 0 amide bonds. The van der Waals surface area contributed by atoms with Gasteiger partial charge in [-0.05, 0) is 24.8 Å². The molecule has 5 heteroatoms. The molecule has 84 valence electrons. The van der Waals surface area contributed by atoms with Gasteiger partial charge in [-0.1, -0.05) is 5.16 Å². The Balaban J connectivity index is 0.000000853. The van der Waals surface area contributed by atoms with E-state index in [2.05, 4.69) is 15.0 Å². The first-order valence-corrected chi connectivity index (χ1v) is 5.33. The maximum Gasteiger partial charge on any atom is 0.223 e. The van der Waals surface area contributed by atoms with Crippen molar-refractivity contribution in [3.63, 3.8) is 0 Å². The Morgan fingerprint density at radius 2 is 2.33 bits per heavy atom. The third-order valence-corrected chi connectivity index (χ3v) is 3.48. The molecule has 2 aliphatic rings. The third-order valence-electron chi connectivity index (χ3n) is 3.48. The number of aromatic nitrogens is 2. The van der Waals surface area contributed by atoms with Gasteiger partial charge in [-0.15, -0.1) is 12.4 Å². The predicted octanol–water partition coefficient (Wildman–Crippen LogP) is 1.29. The van der Waals surface area contributed by atoms with Crippen LogP contribution < -0.4 is 0 Å². The van der Waals surface area contributed by atoms with E-state index in [9.17, 15) is 0 Å². The molecule has 0 saturated carbocycles. The molecule has 2 bridgehead atoms. The summed E-state index contributed by atoms with van der Waals surface area (Å²) in [5.74, 6) is 3.22. The lowest BCUT2D eigenvalue weighted by atomic mass is 9.90. The Morgan fingerprint density at radius 3 is 2.87 bits per heavy atom. The second kappa shape index (κ2) is 4.10. The fraction of sp³-hybridized carbons (Fsp3) is 0.800. The van der Waals surface area contributed by atoms with Gasteiger partial charge >= 0.3 is 0 Å². The molecule has 0 aliphatic carbocycles. The molecule has 0 radical (unpaired) electrons. The first-order valence-electron chi connectivity index (χ1n) is 5.33. The molecule has 2 fully saturated rings. The van der Waals surface area contributed by atoms with E-state index in [4.69, 9.17) is 4.52 Å². The summed E-state index contributed by atoms with van der Waals surface area (Å²) in [6.07, 6.45) is 2.36. The Bertz CT molecular complexity index is 341. The minimum atomic E-state index is 0. The summed E-state index contributed by atoms with van der Waals surface area (Å²) in [5.41, 5.74) is 0. The number of fused-ring (bicyclic) bond motifs is 2. The summed E-state index contributed by atoms with van der Waals surface area (Å²) in [7, 11) is 0. The molecule has 3 heterocycles. The number of hydrogen-bond acceptors (Lipinski definition) is 4. The molecule has 4 nitrogen and oxygen atoms in total. The highest BCUT2D eigenvalue weighted by Gasteiger charge is 2.38. The van der Waals surface area contributed by atoms with Crippen molar-refractivity contribution in [1.82, 2.24) is 15.0 Å². The van der Waals surface area contributed by atoms with Crippen molar-refractivity contribution in [2.75, 3.05) is 19.6 Å². The molecule has 0 aromatic carbocycles. The van der Waals surface area contributed by atoms with Crippen LogP contribution in [0.15, 0.2) is 4.52 Å². The Kier molecular flexibility index (Phi) is 2.98. The van der Waals surface area contributed by atoms with Crippen LogP contribution in [0.25, 0.3) is 0 Å². The van der Waals surface area contributed by atoms with Crippen molar-refractivity contribution in [3.05, 3.63) is 11.7 Å². The molecule has 15 heavy (non-hydrogen) atoms. The molecule has 1 aromatic rings. The summed E-state index contributed by atoms with van der Waals surface area (Å²) in [6, 6.07) is 0. The molecule has 1 aromatic heterocycles. The van der Waals surface area contributed by atoms with Gasteiger partial charge in [-0.3, -0.25) is 0 Å². The Hall–Kier alpha value is -0.610. The number of nitrogens with zero attached hydrogens (tertiary/aromatic N) is 3. The zero-order valence-corrected chi connectivity index (χ0v) is 9.66. The van der Waals surface area contributed by atoms with Gasteiger partial charge in [0.05, 0.1) is 0 Å². The van der Waals surface area contributed by atoms with Crippen molar-refractivity contribution >= 4 is 12.4 Å². The van der Waals surface area contributed by atoms with E-state index in [0.717, 1.165) is 24.1 Å². The van der Waals surface area contributed by atoms with Gasteiger partial charge in [0.25, 0.3) is 0 Å². The Morgan fingerprint density at radius 1 is 1.47 bits per heavy atom. The molecule has 3 rings (SSSR count). The zero-order valence-electron chi connectivity index (χ0n) is 8.85. The van der Waals surface area contributed by atoms with Crippen molar-refractivity contribution in [1.29, 1.82) is 0 Å². The normalized spacial score (nSPS) is 33.0. The first-order chi connectivity index (χ1) is 6.81. The van der Waals surface area contributed by atoms with Crippen LogP contribution in [0, 0.1) is 18.8 Å². The van der Waals surface area contributed by atoms with Gasteiger partial charge in [0.1, 0.15) is 0 Å². The highest BCUT2D eigenvalue weighted by Crippen LogP contribution is 2.34. The highest BCUT2D eigenvalue weighted by molar-refractivity contribution is 5.85. The molecule has 2 aliphatic heterocycles. The summed E-state index contributed by atoms with van der Waals surface area (Å²) in [6.45, 7) is 5.67. The van der Waals surface area contributed by atoms with E-state index in [1.807, 2.05) is 6.92 Å². The van der Waals surface area contributed by atoms with E-state index < -0.39 is 0 Å². The largest absolute Gasteiger partial charge is 0.340 e. The van der Waals surface area contributed by atoms with Gasteiger partial charge in [0.2, 0.25) is 5.89 Å². The summed E-state index contributed by atoms with van der Waals surface area (Å²) < 4.78 is 4.98. The van der Waals surface area contributed by atoms with E-state index >= 15 is 0 Å². The lowest BCUT2D eigenvalue weighted by Gasteiger charge is -2.20. The minimum absolute atomic E-state index is 0. The number of aryl methyl sites for hydroxylation is 1. The average molecular weight is 230 g/mol. The van der Waals surface area contributed by atoms with E-state index in [-0.39, 0.29) is 12.4 Å². The average Bonchev–Trinajstić information content (AvgIpc) is 2.82. The summed E-state index contributed by atoms with van der Waals surface area (Å²) in [4.78, 5) is 6.81. The van der Waals surface area contributed by atoms with Crippen molar-refractivity contribution in [2.24, 2.45) is 11.8 Å². The van der Waals surface area contributed by atoms with Crippen molar-refractivity contribution in [3.8, 4) is 0 Å². The SMILES string of the molecule is Cc1nc(CC2CN3CCC2C3)no1.Cl. The molecular formula is C10H16ClN3O. The quantitative estimate of drug-likeness (QED) is 0.767. The van der Waals surface area contributed by atoms with E-state index in [0.29, 0.717) is 5.89 Å². The molecule has 2 saturated heterocycles. The number of hydrogen-bond donors (Lipinski definition) is 0.